The average molecular weight is 1350 g/mol. The lowest BCUT2D eigenvalue weighted by atomic mass is 9.97. The van der Waals surface area contributed by atoms with Crippen LogP contribution in [0.4, 0.5) is 0 Å². The lowest BCUT2D eigenvalue weighted by Crippen LogP contribution is -1.98. The Labute approximate surface area is 608 Å². The van der Waals surface area contributed by atoms with Gasteiger partial charge in [-0.15, -0.1) is 0 Å². The normalized spacial score (nSPS) is 11.8. The highest BCUT2D eigenvalue weighted by Crippen LogP contribution is 2.43. The second kappa shape index (κ2) is 24.7. The summed E-state index contributed by atoms with van der Waals surface area (Å²) in [6.45, 7) is 0. The van der Waals surface area contributed by atoms with E-state index in [0.717, 1.165) is 77.9 Å². The Morgan fingerprint density at radius 1 is 0.198 bits per heavy atom. The van der Waals surface area contributed by atoms with Crippen LogP contribution in [0.2, 0.25) is 0 Å². The molecule has 0 radical (unpaired) electrons. The van der Waals surface area contributed by atoms with Gasteiger partial charge in [0.1, 0.15) is 0 Å². The Kier molecular flexibility index (Phi) is 14.1. The molecule has 22 aromatic rings. The number of hydrogen-bond donors (Lipinski definition) is 0. The van der Waals surface area contributed by atoms with Gasteiger partial charge in [0.05, 0.1) is 44.7 Å². The van der Waals surface area contributed by atoms with Crippen LogP contribution in [0.5, 0.6) is 0 Å². The number of nitrogens with zero attached hydrogens (tertiary/aromatic N) is 8. The molecule has 0 amide bonds. The Hall–Kier alpha value is -14.3. The summed E-state index contributed by atoms with van der Waals surface area (Å²) < 4.78 is 4.82. The van der Waals surface area contributed by atoms with Crippen molar-refractivity contribution in [1.29, 1.82) is 0 Å². The summed E-state index contributed by atoms with van der Waals surface area (Å²) in [4.78, 5) is 29.3. The van der Waals surface area contributed by atoms with E-state index in [1.165, 1.54) is 114 Å². The predicted octanol–water partition coefficient (Wildman–Crippen LogP) is 25.2. The second-order valence-corrected chi connectivity index (χ2v) is 27.4. The Morgan fingerprint density at radius 2 is 0.604 bits per heavy atom. The first kappa shape index (κ1) is 60.4. The van der Waals surface area contributed by atoms with Gasteiger partial charge < -0.3 is 9.13 Å². The minimum absolute atomic E-state index is 0.532. The van der Waals surface area contributed by atoms with Crippen LogP contribution in [0.25, 0.3) is 209 Å². The van der Waals surface area contributed by atoms with Crippen molar-refractivity contribution in [2.75, 3.05) is 0 Å². The van der Waals surface area contributed by atoms with Crippen molar-refractivity contribution in [1.82, 2.24) is 39.0 Å². The third-order valence-corrected chi connectivity index (χ3v) is 21.2. The summed E-state index contributed by atoms with van der Waals surface area (Å²) in [5.74, 6) is 0.698. The van der Waals surface area contributed by atoms with E-state index >= 15 is 0 Å². The van der Waals surface area contributed by atoms with Gasteiger partial charge in [-0.05, 0) is 190 Å². The molecule has 492 valence electrons. The fourth-order valence-corrected chi connectivity index (χ4v) is 16.0. The summed E-state index contributed by atoms with van der Waals surface area (Å²) in [6, 6.07) is 126. The molecule has 0 bridgehead atoms. The molecule has 106 heavy (non-hydrogen) atoms. The van der Waals surface area contributed by atoms with Gasteiger partial charge in [-0.1, -0.05) is 249 Å². The smallest absolute Gasteiger partial charge is 0.198 e. The highest BCUT2D eigenvalue weighted by Gasteiger charge is 2.21. The van der Waals surface area contributed by atoms with E-state index < -0.39 is 0 Å². The van der Waals surface area contributed by atoms with Crippen molar-refractivity contribution in [2.24, 2.45) is 0 Å². The van der Waals surface area contributed by atoms with Crippen LogP contribution in [-0.4, -0.2) is 39.0 Å². The first-order valence-corrected chi connectivity index (χ1v) is 35.9. The molecule has 0 spiro atoms. The van der Waals surface area contributed by atoms with Gasteiger partial charge in [0.2, 0.25) is 0 Å². The SMILES string of the molecule is c1ccc(-c2ccc(-c3nc(-c4ccc(-n5c6cc7ccccc7cc6c6c7ccccc7ccc65)cc4)nc4ccc(-c5ccc6ccccc6c5)cc34)cc2)cc1.c1ccc(-c2nc3nccnc3nc2-c2ccc3cc(-n4c5cc6ccccc6cc5c5cc6ccccc6cc54)ccc3c2)cc1. The third kappa shape index (κ3) is 10.4. The number of fused-ring (bicyclic) bond motifs is 15. The second-order valence-electron chi connectivity index (χ2n) is 27.4. The minimum atomic E-state index is 0.532. The van der Waals surface area contributed by atoms with Gasteiger partial charge in [0, 0.05) is 73.0 Å². The maximum Gasteiger partial charge on any atom is 0.198 e. The number of rotatable bonds is 8. The summed E-state index contributed by atoms with van der Waals surface area (Å²) >= 11 is 0. The zero-order chi connectivity index (χ0) is 69.8. The van der Waals surface area contributed by atoms with Crippen LogP contribution in [0.15, 0.2) is 364 Å². The van der Waals surface area contributed by atoms with E-state index in [-0.39, 0.29) is 0 Å². The molecule has 0 unspecified atom stereocenters. The average Bonchev–Trinajstić information content (AvgIpc) is 1.58. The van der Waals surface area contributed by atoms with Gasteiger partial charge >= 0.3 is 0 Å². The largest absolute Gasteiger partial charge is 0.309 e. The van der Waals surface area contributed by atoms with Crippen molar-refractivity contribution in [2.45, 2.75) is 0 Å². The first-order valence-electron chi connectivity index (χ1n) is 35.9. The molecule has 0 fully saturated rings. The summed E-state index contributed by atoms with van der Waals surface area (Å²) in [7, 11) is 0. The molecule has 8 nitrogen and oxygen atoms in total. The molecule has 17 aromatic carbocycles. The fraction of sp³-hybridized carbons (Fsp3) is 0. The molecule has 5 aromatic heterocycles. The number of benzene rings is 17. The molecule has 22 rings (SSSR count). The molecule has 0 aliphatic rings. The van der Waals surface area contributed by atoms with E-state index in [0.29, 0.717) is 17.1 Å². The molecule has 0 aliphatic carbocycles. The van der Waals surface area contributed by atoms with E-state index in [1.54, 1.807) is 12.4 Å². The molecule has 0 aliphatic heterocycles. The van der Waals surface area contributed by atoms with Crippen molar-refractivity contribution in [3.8, 4) is 78.8 Å². The summed E-state index contributed by atoms with van der Waals surface area (Å²) in [5, 5.41) is 20.7. The van der Waals surface area contributed by atoms with Crippen LogP contribution >= 0.6 is 0 Å². The van der Waals surface area contributed by atoms with Crippen LogP contribution in [-0.2, 0) is 0 Å². The van der Waals surface area contributed by atoms with E-state index in [4.69, 9.17) is 19.9 Å². The number of aromatic nitrogens is 8. The Balaban J connectivity index is 0.000000140. The zero-order valence-electron chi connectivity index (χ0n) is 57.2. The van der Waals surface area contributed by atoms with Gasteiger partial charge in [-0.25, -0.2) is 29.9 Å². The lowest BCUT2D eigenvalue weighted by molar-refractivity contribution is 1.16. The molecular weight excluding hydrogens is 1290 g/mol. The highest BCUT2D eigenvalue weighted by molar-refractivity contribution is 6.23. The van der Waals surface area contributed by atoms with Crippen LogP contribution in [0.3, 0.4) is 0 Å². The molecule has 0 N–H and O–H groups in total. The van der Waals surface area contributed by atoms with E-state index in [9.17, 15) is 0 Å². The van der Waals surface area contributed by atoms with Crippen molar-refractivity contribution >= 4 is 130 Å². The van der Waals surface area contributed by atoms with E-state index in [2.05, 4.69) is 353 Å². The molecule has 8 heteroatoms. The summed E-state index contributed by atoms with van der Waals surface area (Å²) in [5.41, 5.74) is 20.1. The zero-order valence-corrected chi connectivity index (χ0v) is 57.2. The van der Waals surface area contributed by atoms with Gasteiger partial charge in [0.25, 0.3) is 0 Å². The standard InChI is InChI=1S/C56H35N3.C42H25N5/c1-2-10-36(11-3-1)38-18-21-40(22-19-38)55-49-33-46(45-23-20-37-12-4-5-14-42(37)32-45)26-30-51(49)57-56(58-55)41-24-28-47(29-25-41)59-52-31-27-39-13-8-9-17-48(39)54(52)50-34-43-15-6-7-16-44(43)35-53(50)59;1-2-8-26(9-3-1)39-40(46-42-41(45-39)43-18-19-44-42)33-15-14-32-21-34(17-16-31(32)20-33)47-37-24-29-12-6-4-10-27(29)22-35(37)36-23-28-11-5-7-13-30(28)25-38(36)47/h1-35H;1-25H. The Morgan fingerprint density at radius 3 is 1.25 bits per heavy atom. The van der Waals surface area contributed by atoms with Crippen LogP contribution < -0.4 is 0 Å². The van der Waals surface area contributed by atoms with Crippen molar-refractivity contribution < 1.29 is 0 Å². The highest BCUT2D eigenvalue weighted by atomic mass is 15.0. The summed E-state index contributed by atoms with van der Waals surface area (Å²) in [6.07, 6.45) is 3.31. The molecule has 0 saturated heterocycles. The third-order valence-electron chi connectivity index (χ3n) is 21.2. The van der Waals surface area contributed by atoms with Gasteiger partial charge in [-0.2, -0.15) is 0 Å². The van der Waals surface area contributed by atoms with Gasteiger partial charge in [0.15, 0.2) is 17.1 Å². The Bertz CT molecular complexity index is 7220. The first-order chi connectivity index (χ1) is 52.5. The quantitative estimate of drug-likeness (QED) is 0.151. The van der Waals surface area contributed by atoms with Crippen molar-refractivity contribution in [3.63, 3.8) is 0 Å². The van der Waals surface area contributed by atoms with E-state index in [1.807, 2.05) is 18.2 Å². The molecule has 5 heterocycles. The van der Waals surface area contributed by atoms with Gasteiger partial charge in [-0.3, -0.25) is 0 Å². The predicted molar refractivity (Wildman–Crippen MR) is 441 cm³/mol. The lowest BCUT2D eigenvalue weighted by Gasteiger charge is -2.13. The minimum Gasteiger partial charge on any atom is -0.309 e. The maximum absolute atomic E-state index is 5.37. The molecular formula is C98H60N8. The molecule has 0 atom stereocenters. The van der Waals surface area contributed by atoms with Crippen molar-refractivity contribution in [3.05, 3.63) is 364 Å². The number of hydrogen-bond acceptors (Lipinski definition) is 6. The molecule has 0 saturated carbocycles. The van der Waals surface area contributed by atoms with Crippen LogP contribution in [0, 0.1) is 0 Å². The monoisotopic (exact) mass is 1350 g/mol. The topological polar surface area (TPSA) is 87.2 Å². The van der Waals surface area contributed by atoms with Crippen LogP contribution in [0.1, 0.15) is 0 Å². The fourth-order valence-electron chi connectivity index (χ4n) is 16.0. The maximum atomic E-state index is 5.37.